The van der Waals surface area contributed by atoms with Gasteiger partial charge in [-0.3, -0.25) is 0 Å². The van der Waals surface area contributed by atoms with E-state index >= 15 is 0 Å². The topological polar surface area (TPSA) is 42.7 Å². The van der Waals surface area contributed by atoms with Crippen LogP contribution in [0.5, 0.6) is 0 Å². The van der Waals surface area contributed by atoms with Crippen LogP contribution in [0.2, 0.25) is 0 Å². The first kappa shape index (κ1) is 14.0. The minimum absolute atomic E-state index is 0.225. The van der Waals surface area contributed by atoms with Crippen LogP contribution in [0.15, 0.2) is 28.3 Å². The van der Waals surface area contributed by atoms with Crippen molar-refractivity contribution in [2.45, 2.75) is 30.4 Å². The minimum atomic E-state index is -0.225. The summed E-state index contributed by atoms with van der Waals surface area (Å²) in [6.45, 7) is 5.44. The van der Waals surface area contributed by atoms with Crippen molar-refractivity contribution in [1.29, 1.82) is 0 Å². The van der Waals surface area contributed by atoms with Crippen molar-refractivity contribution in [3.05, 3.63) is 35.4 Å². The first-order chi connectivity index (χ1) is 9.10. The van der Waals surface area contributed by atoms with Crippen molar-refractivity contribution in [2.24, 2.45) is 7.05 Å². The summed E-state index contributed by atoms with van der Waals surface area (Å²) in [6.07, 6.45) is 0. The molecule has 0 aliphatic heterocycles. The van der Waals surface area contributed by atoms with E-state index in [-0.39, 0.29) is 5.82 Å². The summed E-state index contributed by atoms with van der Waals surface area (Å²) in [4.78, 5) is 0.836. The average Bonchev–Trinajstić information content (AvgIpc) is 2.68. The van der Waals surface area contributed by atoms with Gasteiger partial charge in [-0.15, -0.1) is 10.2 Å². The Labute approximate surface area is 116 Å². The normalized spacial score (nSPS) is 10.9. The van der Waals surface area contributed by atoms with Crippen LogP contribution < -0.4 is 5.32 Å². The van der Waals surface area contributed by atoms with Crippen LogP contribution in [-0.4, -0.2) is 21.3 Å². The summed E-state index contributed by atoms with van der Waals surface area (Å²) in [5.41, 5.74) is 0.934. The molecule has 0 aliphatic carbocycles. The second kappa shape index (κ2) is 6.16. The maximum absolute atomic E-state index is 13.6. The van der Waals surface area contributed by atoms with Gasteiger partial charge in [0.2, 0.25) is 0 Å². The summed E-state index contributed by atoms with van der Waals surface area (Å²) >= 11 is 1.42. The molecule has 6 heteroatoms. The van der Waals surface area contributed by atoms with E-state index in [2.05, 4.69) is 15.5 Å². The third-order valence-corrected chi connectivity index (χ3v) is 3.78. The smallest absolute Gasteiger partial charge is 0.195 e. The van der Waals surface area contributed by atoms with Crippen LogP contribution in [0.3, 0.4) is 0 Å². The molecule has 0 spiro atoms. The van der Waals surface area contributed by atoms with E-state index in [0.717, 1.165) is 28.0 Å². The van der Waals surface area contributed by atoms with E-state index in [1.54, 1.807) is 6.07 Å². The Morgan fingerprint density at radius 1 is 1.32 bits per heavy atom. The van der Waals surface area contributed by atoms with Crippen molar-refractivity contribution in [2.75, 3.05) is 6.54 Å². The van der Waals surface area contributed by atoms with E-state index < -0.39 is 0 Å². The van der Waals surface area contributed by atoms with E-state index in [4.69, 9.17) is 0 Å². The highest BCUT2D eigenvalue weighted by Crippen LogP contribution is 2.27. The van der Waals surface area contributed by atoms with Gasteiger partial charge in [-0.1, -0.05) is 6.92 Å². The van der Waals surface area contributed by atoms with Gasteiger partial charge in [-0.2, -0.15) is 0 Å². The number of nitrogens with one attached hydrogen (secondary N) is 1. The number of hydrogen-bond donors (Lipinski definition) is 1. The average molecular weight is 280 g/mol. The molecule has 1 heterocycles. The third-order valence-electron chi connectivity index (χ3n) is 2.77. The quantitative estimate of drug-likeness (QED) is 0.914. The van der Waals surface area contributed by atoms with E-state index in [9.17, 15) is 4.39 Å². The number of benzene rings is 1. The van der Waals surface area contributed by atoms with Gasteiger partial charge in [-0.25, -0.2) is 4.39 Å². The number of nitrogens with zero attached hydrogens (tertiary/aromatic N) is 3. The maximum atomic E-state index is 13.6. The molecule has 2 aromatic rings. The molecule has 0 saturated carbocycles. The lowest BCUT2D eigenvalue weighted by atomic mass is 10.2. The van der Waals surface area contributed by atoms with Gasteiger partial charge in [-0.05, 0) is 49.0 Å². The Balaban J connectivity index is 2.20. The summed E-state index contributed by atoms with van der Waals surface area (Å²) in [7, 11) is 1.90. The molecular weight excluding hydrogens is 263 g/mol. The number of rotatable bonds is 5. The molecular formula is C13H17FN4S. The predicted octanol–water partition coefficient (Wildman–Crippen LogP) is 2.52. The van der Waals surface area contributed by atoms with E-state index in [1.165, 1.54) is 17.8 Å². The predicted molar refractivity (Wildman–Crippen MR) is 73.6 cm³/mol. The highest BCUT2D eigenvalue weighted by atomic mass is 32.2. The van der Waals surface area contributed by atoms with Gasteiger partial charge >= 0.3 is 0 Å². The highest BCUT2D eigenvalue weighted by molar-refractivity contribution is 7.99. The molecule has 1 aromatic heterocycles. The fraction of sp³-hybridized carbons (Fsp3) is 0.385. The number of halogens is 1. The lowest BCUT2D eigenvalue weighted by molar-refractivity contribution is 0.617. The molecule has 0 radical (unpaired) electrons. The van der Waals surface area contributed by atoms with Crippen LogP contribution in [0.4, 0.5) is 4.39 Å². The Morgan fingerprint density at radius 2 is 2.11 bits per heavy atom. The van der Waals surface area contributed by atoms with Crippen LogP contribution >= 0.6 is 11.8 Å². The first-order valence-corrected chi connectivity index (χ1v) is 6.96. The fourth-order valence-corrected chi connectivity index (χ4v) is 2.58. The SMILES string of the molecule is CCNCc1cc(F)cc(Sc2nnc(C)n2C)c1. The molecule has 0 unspecified atom stereocenters. The van der Waals surface area contributed by atoms with Crippen LogP contribution in [0, 0.1) is 12.7 Å². The van der Waals surface area contributed by atoms with Crippen LogP contribution in [-0.2, 0) is 13.6 Å². The Morgan fingerprint density at radius 3 is 2.74 bits per heavy atom. The van der Waals surface area contributed by atoms with Crippen LogP contribution in [0.1, 0.15) is 18.3 Å². The molecule has 1 N–H and O–H groups in total. The zero-order chi connectivity index (χ0) is 13.8. The van der Waals surface area contributed by atoms with Crippen molar-refractivity contribution in [3.63, 3.8) is 0 Å². The Bertz CT molecular complexity index is 568. The summed E-state index contributed by atoms with van der Waals surface area (Å²) in [5.74, 6) is 0.614. The summed E-state index contributed by atoms with van der Waals surface area (Å²) in [5, 5.41) is 12.0. The molecule has 0 atom stereocenters. The van der Waals surface area contributed by atoms with Gasteiger partial charge in [0, 0.05) is 18.5 Å². The number of hydrogen-bond acceptors (Lipinski definition) is 4. The lowest BCUT2D eigenvalue weighted by Crippen LogP contribution is -2.11. The Kier molecular flexibility index (Phi) is 4.55. The van der Waals surface area contributed by atoms with Crippen LogP contribution in [0.25, 0.3) is 0 Å². The minimum Gasteiger partial charge on any atom is -0.313 e. The van der Waals surface area contributed by atoms with Gasteiger partial charge in [0.15, 0.2) is 5.16 Å². The number of aromatic nitrogens is 3. The molecule has 2 rings (SSSR count). The number of aryl methyl sites for hydroxylation is 1. The largest absolute Gasteiger partial charge is 0.313 e. The van der Waals surface area contributed by atoms with Crippen molar-refractivity contribution in [3.8, 4) is 0 Å². The Hall–Kier alpha value is -1.40. The third kappa shape index (κ3) is 3.54. The van der Waals surface area contributed by atoms with Crippen molar-refractivity contribution >= 4 is 11.8 Å². The molecule has 102 valence electrons. The lowest BCUT2D eigenvalue weighted by Gasteiger charge is -2.06. The molecule has 0 saturated heterocycles. The zero-order valence-electron chi connectivity index (χ0n) is 11.3. The highest BCUT2D eigenvalue weighted by Gasteiger charge is 2.08. The molecule has 0 fully saturated rings. The zero-order valence-corrected chi connectivity index (χ0v) is 12.1. The maximum Gasteiger partial charge on any atom is 0.195 e. The van der Waals surface area contributed by atoms with Gasteiger partial charge in [0.1, 0.15) is 11.6 Å². The molecule has 4 nitrogen and oxygen atoms in total. The van der Waals surface area contributed by atoms with Gasteiger partial charge in [0.25, 0.3) is 0 Å². The monoisotopic (exact) mass is 280 g/mol. The molecule has 1 aromatic carbocycles. The second-order valence-corrected chi connectivity index (χ2v) is 5.31. The molecule has 0 aliphatic rings. The summed E-state index contributed by atoms with van der Waals surface area (Å²) < 4.78 is 15.5. The van der Waals surface area contributed by atoms with Crippen molar-refractivity contribution in [1.82, 2.24) is 20.1 Å². The van der Waals surface area contributed by atoms with E-state index in [0.29, 0.717) is 6.54 Å². The second-order valence-electron chi connectivity index (χ2n) is 4.27. The summed E-state index contributed by atoms with van der Waals surface area (Å²) in [6, 6.07) is 5.04. The van der Waals surface area contributed by atoms with Crippen molar-refractivity contribution < 1.29 is 4.39 Å². The molecule has 0 bridgehead atoms. The van der Waals surface area contributed by atoms with Gasteiger partial charge in [0.05, 0.1) is 0 Å². The molecule has 0 amide bonds. The first-order valence-electron chi connectivity index (χ1n) is 6.14. The standard InChI is InChI=1S/C13H17FN4S/c1-4-15-8-10-5-11(14)7-12(6-10)19-13-17-16-9(2)18(13)3/h5-7,15H,4,8H2,1-3H3. The van der Waals surface area contributed by atoms with Gasteiger partial charge < -0.3 is 9.88 Å². The van der Waals surface area contributed by atoms with E-state index in [1.807, 2.05) is 31.5 Å². The fourth-order valence-electron chi connectivity index (χ4n) is 1.63. The molecule has 19 heavy (non-hydrogen) atoms.